The smallest absolute Gasteiger partial charge is 0.316 e. The fourth-order valence-corrected chi connectivity index (χ4v) is 7.83. The molecule has 42 heavy (non-hydrogen) atoms. The number of esters is 1. The van der Waals surface area contributed by atoms with Crippen molar-refractivity contribution < 1.29 is 22.7 Å². The van der Waals surface area contributed by atoms with E-state index in [0.717, 1.165) is 48.6 Å². The van der Waals surface area contributed by atoms with Crippen molar-refractivity contribution in [3.8, 4) is 34.2 Å². The fourth-order valence-electron chi connectivity index (χ4n) is 4.14. The van der Waals surface area contributed by atoms with Crippen molar-refractivity contribution in [1.29, 1.82) is 5.26 Å². The van der Waals surface area contributed by atoms with Crippen molar-refractivity contribution in [2.45, 2.75) is 50.7 Å². The van der Waals surface area contributed by atoms with Crippen LogP contribution in [-0.4, -0.2) is 61.3 Å². The van der Waals surface area contributed by atoms with Crippen molar-refractivity contribution in [2.75, 3.05) is 35.9 Å². The Morgan fingerprint density at radius 2 is 1.57 bits per heavy atom. The third-order valence-corrected chi connectivity index (χ3v) is 10.3. The summed E-state index contributed by atoms with van der Waals surface area (Å²) in [6, 6.07) is 21.2. The highest BCUT2D eigenvalue weighted by Crippen LogP contribution is 2.34. The first-order chi connectivity index (χ1) is 20.4. The predicted molar refractivity (Wildman–Crippen MR) is 173 cm³/mol. The average molecular weight is 627 g/mol. The summed E-state index contributed by atoms with van der Waals surface area (Å²) < 4.78 is 36.2. The van der Waals surface area contributed by atoms with E-state index in [9.17, 15) is 18.5 Å². The molecular weight excluding hydrogens is 589 g/mol. The highest BCUT2D eigenvalue weighted by Gasteiger charge is 2.22. The third kappa shape index (κ3) is 10.4. The summed E-state index contributed by atoms with van der Waals surface area (Å²) in [7, 11) is -0.731. The zero-order valence-electron chi connectivity index (χ0n) is 24.4. The number of carbonyl (C=O) groups excluding carboxylic acids is 1. The molecule has 0 aliphatic rings. The molecule has 0 N–H and O–H groups in total. The van der Waals surface area contributed by atoms with E-state index in [2.05, 4.69) is 6.07 Å². The Morgan fingerprint density at radius 3 is 2.12 bits per heavy atom. The number of carbonyl (C=O) groups is 1. The number of unbranched alkanes of at least 4 members (excludes halogenated alkanes) is 2. The van der Waals surface area contributed by atoms with Gasteiger partial charge in [0.25, 0.3) is 0 Å². The number of benzene rings is 2. The Balaban J connectivity index is 1.85. The SMILES string of the molecule is CCCCS(=O)CC(CS(=O)CCCC)OC(=O)CSc1nc(-c2ccc(OC)cc2)cc(-c2ccccc2)c1C#N. The summed E-state index contributed by atoms with van der Waals surface area (Å²) in [4.78, 5) is 17.8. The monoisotopic (exact) mass is 626 g/mol. The predicted octanol–water partition coefficient (Wildman–Crippen LogP) is 6.40. The van der Waals surface area contributed by atoms with Gasteiger partial charge in [-0.1, -0.05) is 68.8 Å². The second-order valence-corrected chi connectivity index (χ2v) is 13.9. The Hall–Kier alpha value is -3.00. The molecule has 0 fully saturated rings. The van der Waals surface area contributed by atoms with Gasteiger partial charge in [-0.05, 0) is 48.7 Å². The second kappa shape index (κ2) is 17.8. The summed E-state index contributed by atoms with van der Waals surface area (Å²) in [5.74, 6) is 1.48. The van der Waals surface area contributed by atoms with Gasteiger partial charge in [0, 0.05) is 44.2 Å². The molecule has 0 amide bonds. The van der Waals surface area contributed by atoms with Crippen LogP contribution in [0.3, 0.4) is 0 Å². The van der Waals surface area contributed by atoms with Gasteiger partial charge >= 0.3 is 5.97 Å². The highest BCUT2D eigenvalue weighted by atomic mass is 32.2. The number of aromatic nitrogens is 1. The minimum Gasteiger partial charge on any atom is -0.497 e. The minimum absolute atomic E-state index is 0.0956. The van der Waals surface area contributed by atoms with E-state index >= 15 is 0 Å². The molecular formula is C32H38N2O5S3. The molecule has 0 saturated heterocycles. The molecule has 0 aliphatic heterocycles. The van der Waals surface area contributed by atoms with Crippen LogP contribution in [0, 0.1) is 11.3 Å². The second-order valence-electron chi connectivity index (χ2n) is 9.67. The Labute approximate surface area is 258 Å². The van der Waals surface area contributed by atoms with Crippen molar-refractivity contribution in [2.24, 2.45) is 0 Å². The van der Waals surface area contributed by atoms with E-state index in [1.807, 2.05) is 74.5 Å². The molecule has 0 spiro atoms. The van der Waals surface area contributed by atoms with Gasteiger partial charge in [-0.15, -0.1) is 0 Å². The normalized spacial score (nSPS) is 13.1. The van der Waals surface area contributed by atoms with Crippen molar-refractivity contribution in [3.63, 3.8) is 0 Å². The molecule has 3 aromatic rings. The maximum atomic E-state index is 13.0. The first kappa shape index (κ1) is 33.5. The number of hydrogen-bond acceptors (Lipinski definition) is 8. The topological polar surface area (TPSA) is 106 Å². The summed E-state index contributed by atoms with van der Waals surface area (Å²) in [5.41, 5.74) is 3.44. The molecule has 2 atom stereocenters. The van der Waals surface area contributed by atoms with E-state index < -0.39 is 33.7 Å². The lowest BCUT2D eigenvalue weighted by molar-refractivity contribution is -0.143. The van der Waals surface area contributed by atoms with Crippen LogP contribution < -0.4 is 4.74 Å². The number of nitriles is 1. The number of methoxy groups -OCH3 is 1. The van der Waals surface area contributed by atoms with Crippen LogP contribution in [0.25, 0.3) is 22.4 Å². The average Bonchev–Trinajstić information content (AvgIpc) is 3.01. The summed E-state index contributed by atoms with van der Waals surface area (Å²) >= 11 is 1.13. The van der Waals surface area contributed by atoms with Crippen LogP contribution in [0.15, 0.2) is 65.7 Å². The molecule has 2 unspecified atom stereocenters. The molecule has 10 heteroatoms. The zero-order chi connectivity index (χ0) is 30.3. The van der Waals surface area contributed by atoms with Crippen LogP contribution in [-0.2, 0) is 31.1 Å². The van der Waals surface area contributed by atoms with Gasteiger partial charge in [0.2, 0.25) is 0 Å². The number of hydrogen-bond donors (Lipinski definition) is 0. The number of pyridine rings is 1. The standard InChI is InChI=1S/C32H38N2O5S3/c1-4-6-17-41(36)22-27(23-42(37)18-7-5-2)39-31(35)21-40-32-29(20-33)28(24-11-9-8-10-12-24)19-30(34-32)25-13-15-26(38-3)16-14-25/h8-16,19,27H,4-7,17-18,21-23H2,1-3H3. The molecule has 224 valence electrons. The number of rotatable bonds is 17. The Morgan fingerprint density at radius 1 is 0.952 bits per heavy atom. The summed E-state index contributed by atoms with van der Waals surface area (Å²) in [6.07, 6.45) is 2.79. The molecule has 1 aromatic heterocycles. The van der Waals surface area contributed by atoms with E-state index in [0.29, 0.717) is 39.1 Å². The van der Waals surface area contributed by atoms with E-state index in [1.165, 1.54) is 0 Å². The van der Waals surface area contributed by atoms with Crippen molar-refractivity contribution in [1.82, 2.24) is 4.98 Å². The lowest BCUT2D eigenvalue weighted by Gasteiger charge is -2.18. The lowest BCUT2D eigenvalue weighted by atomic mass is 9.99. The van der Waals surface area contributed by atoms with Crippen molar-refractivity contribution in [3.05, 3.63) is 66.2 Å². The number of nitrogens with zero attached hydrogens (tertiary/aromatic N) is 2. The van der Waals surface area contributed by atoms with Gasteiger partial charge in [-0.25, -0.2) is 4.98 Å². The molecule has 7 nitrogen and oxygen atoms in total. The minimum atomic E-state index is -1.17. The van der Waals surface area contributed by atoms with Gasteiger partial charge < -0.3 is 9.47 Å². The largest absolute Gasteiger partial charge is 0.497 e. The zero-order valence-corrected chi connectivity index (χ0v) is 26.8. The first-order valence-electron chi connectivity index (χ1n) is 14.1. The van der Waals surface area contributed by atoms with Crippen LogP contribution in [0.4, 0.5) is 0 Å². The van der Waals surface area contributed by atoms with Gasteiger partial charge in [0.05, 0.1) is 35.6 Å². The summed E-state index contributed by atoms with van der Waals surface area (Å²) in [6.45, 7) is 4.06. The molecule has 1 heterocycles. The van der Waals surface area contributed by atoms with E-state index in [-0.39, 0.29) is 17.3 Å². The van der Waals surface area contributed by atoms with Crippen LogP contribution in [0.1, 0.15) is 45.1 Å². The van der Waals surface area contributed by atoms with Crippen molar-refractivity contribution >= 4 is 39.3 Å². The third-order valence-electron chi connectivity index (χ3n) is 6.39. The lowest BCUT2D eigenvalue weighted by Crippen LogP contribution is -2.32. The first-order valence-corrected chi connectivity index (χ1v) is 18.0. The van der Waals surface area contributed by atoms with E-state index in [1.54, 1.807) is 7.11 Å². The van der Waals surface area contributed by atoms with Gasteiger partial charge in [0.1, 0.15) is 22.9 Å². The van der Waals surface area contributed by atoms with Gasteiger partial charge in [-0.2, -0.15) is 5.26 Å². The molecule has 0 saturated carbocycles. The molecule has 2 aromatic carbocycles. The van der Waals surface area contributed by atoms with Crippen LogP contribution in [0.2, 0.25) is 0 Å². The maximum Gasteiger partial charge on any atom is 0.316 e. The molecule has 3 rings (SSSR count). The van der Waals surface area contributed by atoms with Gasteiger partial charge in [0.15, 0.2) is 0 Å². The van der Waals surface area contributed by atoms with Crippen LogP contribution >= 0.6 is 11.8 Å². The molecule has 0 radical (unpaired) electrons. The summed E-state index contributed by atoms with van der Waals surface area (Å²) in [5, 5.41) is 10.6. The highest BCUT2D eigenvalue weighted by molar-refractivity contribution is 8.00. The quantitative estimate of drug-likeness (QED) is 0.125. The van der Waals surface area contributed by atoms with Gasteiger partial charge in [-0.3, -0.25) is 13.2 Å². The number of ether oxygens (including phenoxy) is 2. The number of thioether (sulfide) groups is 1. The molecule has 0 aliphatic carbocycles. The van der Waals surface area contributed by atoms with E-state index in [4.69, 9.17) is 14.5 Å². The fraction of sp³-hybridized carbons (Fsp3) is 0.406. The maximum absolute atomic E-state index is 13.0. The Bertz CT molecular complexity index is 1370. The Kier molecular flexibility index (Phi) is 14.2. The molecule has 0 bridgehead atoms. The van der Waals surface area contributed by atoms with Crippen LogP contribution in [0.5, 0.6) is 5.75 Å².